The van der Waals surface area contributed by atoms with Crippen LogP contribution in [0.15, 0.2) is 24.9 Å². The lowest BCUT2D eigenvalue weighted by atomic mass is 9.73. The van der Waals surface area contributed by atoms with Crippen LogP contribution in [-0.4, -0.2) is 40.3 Å². The topological polar surface area (TPSA) is 83.5 Å². The van der Waals surface area contributed by atoms with Crippen LogP contribution in [0.5, 0.6) is 5.88 Å². The van der Waals surface area contributed by atoms with Crippen LogP contribution in [-0.2, 0) is 11.2 Å². The lowest BCUT2D eigenvalue weighted by Gasteiger charge is -2.47. The fourth-order valence-electron chi connectivity index (χ4n) is 4.67. The van der Waals surface area contributed by atoms with Gasteiger partial charge in [0, 0.05) is 37.7 Å². The highest BCUT2D eigenvalue weighted by atomic mass is 16.5. The van der Waals surface area contributed by atoms with Crippen molar-refractivity contribution in [1.29, 1.82) is 0 Å². The lowest BCUT2D eigenvalue weighted by molar-refractivity contribution is -0.120. The van der Waals surface area contributed by atoms with Crippen molar-refractivity contribution in [2.45, 2.75) is 96.4 Å². The average molecular weight is 430 g/mol. The number of aliphatic hydroxyl groups excluding tert-OH is 1. The molecule has 0 bridgehead atoms. The number of pyridine rings is 1. The van der Waals surface area contributed by atoms with Crippen molar-refractivity contribution in [3.63, 3.8) is 0 Å². The zero-order valence-electron chi connectivity index (χ0n) is 19.5. The Morgan fingerprint density at radius 3 is 2.77 bits per heavy atom. The number of allylic oxidation sites excluding steroid dienone is 1. The van der Waals surface area contributed by atoms with E-state index in [1.807, 2.05) is 12.3 Å². The van der Waals surface area contributed by atoms with Gasteiger partial charge in [0.2, 0.25) is 11.8 Å². The molecule has 1 saturated carbocycles. The number of amides is 1. The number of rotatable bonds is 9. The summed E-state index contributed by atoms with van der Waals surface area (Å²) in [6.07, 6.45) is 9.58. The molecule has 0 saturated heterocycles. The Morgan fingerprint density at radius 1 is 1.45 bits per heavy atom. The number of ether oxygens (including phenoxy) is 1. The lowest BCUT2D eigenvalue weighted by Crippen LogP contribution is -2.51. The van der Waals surface area contributed by atoms with Crippen molar-refractivity contribution >= 4 is 5.91 Å². The number of nitrogens with zero attached hydrogens (tertiary/aromatic N) is 1. The standard InChI is InChI=1S/C25H39N3O3/c1-6-7-9-20(28-17(2)29)22(30)16-26-21-14-25(10-8-11-25)31-23-19(21)12-18(15-27-23)13-24(3,4)5/h6,12,15,20-22,26,30H,1,7-11,13-14,16H2,2-5H3,(H,28,29)/t20-,21?,22+/m0/s1. The van der Waals surface area contributed by atoms with E-state index in [4.69, 9.17) is 4.74 Å². The molecule has 1 aromatic heterocycles. The SMILES string of the molecule is C=CCC[C@H](NC(C)=O)[C@H](O)CNC1CC2(CCC2)Oc2ncc(CC(C)(C)C)cc21. The van der Waals surface area contributed by atoms with Gasteiger partial charge in [-0.15, -0.1) is 6.58 Å². The monoisotopic (exact) mass is 429 g/mol. The van der Waals surface area contributed by atoms with E-state index in [0.717, 1.165) is 43.5 Å². The molecule has 31 heavy (non-hydrogen) atoms. The second kappa shape index (κ2) is 9.70. The maximum Gasteiger partial charge on any atom is 0.218 e. The van der Waals surface area contributed by atoms with Gasteiger partial charge in [-0.1, -0.05) is 26.8 Å². The van der Waals surface area contributed by atoms with Crippen molar-refractivity contribution in [2.75, 3.05) is 6.54 Å². The number of carbonyl (C=O) groups excluding carboxylic acids is 1. The van der Waals surface area contributed by atoms with Crippen molar-refractivity contribution < 1.29 is 14.6 Å². The molecule has 172 valence electrons. The largest absolute Gasteiger partial charge is 0.471 e. The number of carbonyl (C=O) groups is 1. The number of hydrogen-bond acceptors (Lipinski definition) is 5. The molecule has 0 radical (unpaired) electrons. The van der Waals surface area contributed by atoms with Crippen LogP contribution in [0.3, 0.4) is 0 Å². The maximum atomic E-state index is 11.6. The second-order valence-corrected chi connectivity index (χ2v) is 10.5. The molecule has 1 spiro atoms. The minimum atomic E-state index is -0.682. The minimum Gasteiger partial charge on any atom is -0.471 e. The normalized spacial score (nSPS) is 21.4. The molecule has 3 N–H and O–H groups in total. The van der Waals surface area contributed by atoms with Gasteiger partial charge in [-0.2, -0.15) is 0 Å². The molecule has 1 fully saturated rings. The molecule has 6 heteroatoms. The molecule has 3 rings (SSSR count). The summed E-state index contributed by atoms with van der Waals surface area (Å²) in [6, 6.07) is 1.99. The molecule has 1 unspecified atom stereocenters. The first kappa shape index (κ1) is 23.7. The molecular formula is C25H39N3O3. The van der Waals surface area contributed by atoms with Crippen LogP contribution in [0.25, 0.3) is 0 Å². The van der Waals surface area contributed by atoms with Crippen molar-refractivity contribution in [2.24, 2.45) is 5.41 Å². The minimum absolute atomic E-state index is 0.0727. The van der Waals surface area contributed by atoms with Crippen LogP contribution < -0.4 is 15.4 Å². The fourth-order valence-corrected chi connectivity index (χ4v) is 4.67. The molecule has 1 aromatic rings. The number of aliphatic hydroxyl groups is 1. The highest BCUT2D eigenvalue weighted by Crippen LogP contribution is 2.48. The van der Waals surface area contributed by atoms with E-state index < -0.39 is 6.10 Å². The van der Waals surface area contributed by atoms with E-state index in [0.29, 0.717) is 13.0 Å². The van der Waals surface area contributed by atoms with E-state index in [-0.39, 0.29) is 29.0 Å². The Labute approximate surface area is 186 Å². The predicted molar refractivity (Wildman–Crippen MR) is 123 cm³/mol. The van der Waals surface area contributed by atoms with Gasteiger partial charge in [0.15, 0.2) is 0 Å². The van der Waals surface area contributed by atoms with Crippen molar-refractivity contribution in [3.05, 3.63) is 36.0 Å². The Hall–Kier alpha value is -1.92. The third-order valence-electron chi connectivity index (χ3n) is 6.31. The van der Waals surface area contributed by atoms with Gasteiger partial charge in [-0.3, -0.25) is 4.79 Å². The van der Waals surface area contributed by atoms with E-state index in [9.17, 15) is 9.90 Å². The molecule has 2 heterocycles. The zero-order chi connectivity index (χ0) is 22.6. The Morgan fingerprint density at radius 2 is 2.19 bits per heavy atom. The molecular weight excluding hydrogens is 390 g/mol. The van der Waals surface area contributed by atoms with Gasteiger partial charge in [0.05, 0.1) is 12.1 Å². The van der Waals surface area contributed by atoms with E-state index in [2.05, 4.69) is 49.0 Å². The van der Waals surface area contributed by atoms with Gasteiger partial charge in [-0.25, -0.2) is 4.98 Å². The van der Waals surface area contributed by atoms with Gasteiger partial charge >= 0.3 is 0 Å². The number of hydrogen-bond donors (Lipinski definition) is 3. The summed E-state index contributed by atoms with van der Waals surface area (Å²) in [4.78, 5) is 16.3. The van der Waals surface area contributed by atoms with Crippen LogP contribution in [0.1, 0.15) is 83.4 Å². The van der Waals surface area contributed by atoms with Crippen LogP contribution in [0, 0.1) is 5.41 Å². The van der Waals surface area contributed by atoms with Crippen LogP contribution >= 0.6 is 0 Å². The predicted octanol–water partition coefficient (Wildman–Crippen LogP) is 3.84. The van der Waals surface area contributed by atoms with Gasteiger partial charge in [0.25, 0.3) is 0 Å². The van der Waals surface area contributed by atoms with E-state index in [1.165, 1.54) is 18.9 Å². The van der Waals surface area contributed by atoms with E-state index >= 15 is 0 Å². The maximum absolute atomic E-state index is 11.6. The van der Waals surface area contributed by atoms with Crippen LogP contribution in [0.4, 0.5) is 0 Å². The van der Waals surface area contributed by atoms with Crippen molar-refractivity contribution in [1.82, 2.24) is 15.6 Å². The summed E-state index contributed by atoms with van der Waals surface area (Å²) in [5.41, 5.74) is 2.33. The fraction of sp³-hybridized carbons (Fsp3) is 0.680. The number of aromatic nitrogens is 1. The first-order valence-electron chi connectivity index (χ1n) is 11.6. The molecule has 3 atom stereocenters. The molecule has 1 aliphatic heterocycles. The molecule has 2 aliphatic rings. The summed E-state index contributed by atoms with van der Waals surface area (Å²) in [5.74, 6) is 0.592. The first-order chi connectivity index (χ1) is 14.6. The molecule has 1 amide bonds. The Kier molecular flexibility index (Phi) is 7.43. The van der Waals surface area contributed by atoms with E-state index in [1.54, 1.807) is 0 Å². The van der Waals surface area contributed by atoms with Gasteiger partial charge in [0.1, 0.15) is 5.60 Å². The smallest absolute Gasteiger partial charge is 0.218 e. The average Bonchev–Trinajstić information content (AvgIpc) is 2.66. The molecule has 1 aliphatic carbocycles. The molecule has 6 nitrogen and oxygen atoms in total. The number of fused-ring (bicyclic) bond motifs is 1. The second-order valence-electron chi connectivity index (χ2n) is 10.5. The Balaban J connectivity index is 1.75. The highest BCUT2D eigenvalue weighted by Gasteiger charge is 2.46. The van der Waals surface area contributed by atoms with Gasteiger partial charge in [-0.05, 0) is 55.6 Å². The zero-order valence-corrected chi connectivity index (χ0v) is 19.5. The number of nitrogens with one attached hydrogen (secondary N) is 2. The van der Waals surface area contributed by atoms with Crippen LogP contribution in [0.2, 0.25) is 0 Å². The van der Waals surface area contributed by atoms with Crippen molar-refractivity contribution in [3.8, 4) is 5.88 Å². The highest BCUT2D eigenvalue weighted by molar-refractivity contribution is 5.73. The summed E-state index contributed by atoms with van der Waals surface area (Å²) < 4.78 is 6.35. The summed E-state index contributed by atoms with van der Waals surface area (Å²) in [6.45, 7) is 12.3. The molecule has 0 aromatic carbocycles. The summed E-state index contributed by atoms with van der Waals surface area (Å²) >= 11 is 0. The first-order valence-corrected chi connectivity index (χ1v) is 11.6. The quantitative estimate of drug-likeness (QED) is 0.520. The third kappa shape index (κ3) is 6.30. The summed E-state index contributed by atoms with van der Waals surface area (Å²) in [7, 11) is 0. The Bertz CT molecular complexity index is 783. The van der Waals surface area contributed by atoms with Gasteiger partial charge < -0.3 is 20.5 Å². The summed E-state index contributed by atoms with van der Waals surface area (Å²) in [5, 5.41) is 17.3. The third-order valence-corrected chi connectivity index (χ3v) is 6.31.